The first-order valence-corrected chi connectivity index (χ1v) is 6.55. The third kappa shape index (κ3) is 3.32. The first-order chi connectivity index (χ1) is 9.22. The second-order valence-electron chi connectivity index (χ2n) is 4.67. The smallest absolute Gasteiger partial charge is 0.227 e. The molecule has 1 unspecified atom stereocenters. The zero-order valence-electron chi connectivity index (χ0n) is 10.8. The van der Waals surface area contributed by atoms with Gasteiger partial charge in [0.1, 0.15) is 0 Å². The van der Waals surface area contributed by atoms with Gasteiger partial charge in [0.15, 0.2) is 0 Å². The van der Waals surface area contributed by atoms with Gasteiger partial charge in [-0.25, -0.2) is 0 Å². The molecule has 1 aliphatic rings. The summed E-state index contributed by atoms with van der Waals surface area (Å²) in [5.41, 5.74) is 6.23. The van der Waals surface area contributed by atoms with Gasteiger partial charge < -0.3 is 16.0 Å². The average molecular weight is 261 g/mol. The van der Waals surface area contributed by atoms with Crippen molar-refractivity contribution in [2.45, 2.75) is 12.8 Å². The van der Waals surface area contributed by atoms with Gasteiger partial charge in [-0.1, -0.05) is 18.2 Å². The Labute approximate surface area is 112 Å². The molecule has 0 saturated carbocycles. The van der Waals surface area contributed by atoms with Crippen LogP contribution in [0, 0.1) is 5.92 Å². The number of nitrogens with zero attached hydrogens (tertiary/aromatic N) is 1. The predicted octanol–water partition coefficient (Wildman–Crippen LogP) is 0.505. The second-order valence-corrected chi connectivity index (χ2v) is 4.67. The summed E-state index contributed by atoms with van der Waals surface area (Å²) in [6.45, 7) is 1.59. The van der Waals surface area contributed by atoms with Crippen LogP contribution in [0.3, 0.4) is 0 Å². The molecule has 1 aliphatic heterocycles. The molecule has 1 saturated heterocycles. The zero-order chi connectivity index (χ0) is 13.7. The molecule has 2 rings (SSSR count). The lowest BCUT2D eigenvalue weighted by Gasteiger charge is -2.16. The van der Waals surface area contributed by atoms with Crippen LogP contribution in [0.25, 0.3) is 0 Å². The minimum absolute atomic E-state index is 0.00479. The summed E-state index contributed by atoms with van der Waals surface area (Å²) >= 11 is 0. The van der Waals surface area contributed by atoms with Crippen molar-refractivity contribution in [1.29, 1.82) is 0 Å². The van der Waals surface area contributed by atoms with E-state index in [1.165, 1.54) is 0 Å². The van der Waals surface area contributed by atoms with Crippen LogP contribution in [0.5, 0.6) is 0 Å². The first-order valence-electron chi connectivity index (χ1n) is 6.55. The molecule has 0 radical (unpaired) electrons. The third-order valence-electron chi connectivity index (χ3n) is 3.24. The maximum absolute atomic E-state index is 11.9. The molecule has 3 N–H and O–H groups in total. The summed E-state index contributed by atoms with van der Waals surface area (Å²) in [6.07, 6.45) is 1.04. The molecule has 0 spiro atoms. The number of anilines is 1. The molecule has 0 aromatic heterocycles. The van der Waals surface area contributed by atoms with Crippen molar-refractivity contribution < 1.29 is 9.59 Å². The van der Waals surface area contributed by atoms with Crippen molar-refractivity contribution >= 4 is 17.5 Å². The molecule has 0 aliphatic carbocycles. The van der Waals surface area contributed by atoms with Crippen LogP contribution in [0.2, 0.25) is 0 Å². The van der Waals surface area contributed by atoms with Crippen LogP contribution in [0.15, 0.2) is 30.3 Å². The molecule has 102 valence electrons. The molecule has 1 aromatic carbocycles. The standard InChI is InChI=1S/C14H19N3O2/c15-7-4-8-16-14(19)11-9-13(18)17(10-11)12-5-2-1-3-6-12/h1-3,5-6,11H,4,7-10,15H2,(H,16,19). The van der Waals surface area contributed by atoms with E-state index in [9.17, 15) is 9.59 Å². The normalized spacial score (nSPS) is 18.7. The average Bonchev–Trinajstić information content (AvgIpc) is 2.82. The topological polar surface area (TPSA) is 75.4 Å². The Morgan fingerprint density at radius 2 is 2.11 bits per heavy atom. The number of amides is 2. The molecule has 0 bridgehead atoms. The molecule has 1 atom stereocenters. The number of hydrogen-bond donors (Lipinski definition) is 2. The van der Waals surface area contributed by atoms with Crippen molar-refractivity contribution in [2.75, 3.05) is 24.5 Å². The van der Waals surface area contributed by atoms with E-state index in [1.807, 2.05) is 30.3 Å². The van der Waals surface area contributed by atoms with Gasteiger partial charge in [-0.05, 0) is 25.1 Å². The minimum Gasteiger partial charge on any atom is -0.356 e. The minimum atomic E-state index is -0.259. The van der Waals surface area contributed by atoms with Crippen LogP contribution in [-0.4, -0.2) is 31.4 Å². The molecule has 2 amide bonds. The second kappa shape index (κ2) is 6.33. The Morgan fingerprint density at radius 3 is 2.79 bits per heavy atom. The van der Waals surface area contributed by atoms with E-state index in [2.05, 4.69) is 5.32 Å². The lowest BCUT2D eigenvalue weighted by Crippen LogP contribution is -2.34. The number of para-hydroxylation sites is 1. The summed E-state index contributed by atoms with van der Waals surface area (Å²) < 4.78 is 0. The number of carbonyl (C=O) groups excluding carboxylic acids is 2. The van der Waals surface area contributed by atoms with Crippen molar-refractivity contribution in [1.82, 2.24) is 5.32 Å². The largest absolute Gasteiger partial charge is 0.356 e. The van der Waals surface area contributed by atoms with E-state index in [1.54, 1.807) is 4.90 Å². The van der Waals surface area contributed by atoms with Crippen LogP contribution in [0.1, 0.15) is 12.8 Å². The van der Waals surface area contributed by atoms with Crippen molar-refractivity contribution in [3.05, 3.63) is 30.3 Å². The van der Waals surface area contributed by atoms with Gasteiger partial charge in [0, 0.05) is 25.2 Å². The van der Waals surface area contributed by atoms with Gasteiger partial charge >= 0.3 is 0 Å². The maximum atomic E-state index is 11.9. The third-order valence-corrected chi connectivity index (χ3v) is 3.24. The Kier molecular flexibility index (Phi) is 4.52. The monoisotopic (exact) mass is 261 g/mol. The lowest BCUT2D eigenvalue weighted by atomic mass is 10.1. The number of benzene rings is 1. The van der Waals surface area contributed by atoms with E-state index in [0.29, 0.717) is 19.6 Å². The van der Waals surface area contributed by atoms with Gasteiger partial charge in [-0.3, -0.25) is 9.59 Å². The summed E-state index contributed by atoms with van der Waals surface area (Å²) in [6, 6.07) is 9.44. The van der Waals surface area contributed by atoms with E-state index in [4.69, 9.17) is 5.73 Å². The fraction of sp³-hybridized carbons (Fsp3) is 0.429. The van der Waals surface area contributed by atoms with Gasteiger partial charge in [-0.15, -0.1) is 0 Å². The van der Waals surface area contributed by atoms with Crippen LogP contribution in [-0.2, 0) is 9.59 Å². The van der Waals surface area contributed by atoms with Gasteiger partial charge in [0.05, 0.1) is 5.92 Å². The van der Waals surface area contributed by atoms with Crippen molar-refractivity contribution in [3.8, 4) is 0 Å². The van der Waals surface area contributed by atoms with E-state index >= 15 is 0 Å². The summed E-state index contributed by atoms with van der Waals surface area (Å²) in [4.78, 5) is 25.5. The SMILES string of the molecule is NCCCNC(=O)C1CC(=O)N(c2ccccc2)C1. The number of nitrogens with one attached hydrogen (secondary N) is 1. The predicted molar refractivity (Wildman–Crippen MR) is 73.6 cm³/mol. The molecule has 5 heteroatoms. The van der Waals surface area contributed by atoms with Gasteiger partial charge in [0.2, 0.25) is 11.8 Å². The first kappa shape index (κ1) is 13.5. The zero-order valence-corrected chi connectivity index (χ0v) is 10.8. The van der Waals surface area contributed by atoms with E-state index in [-0.39, 0.29) is 24.2 Å². The van der Waals surface area contributed by atoms with Crippen LogP contribution in [0.4, 0.5) is 5.69 Å². The highest BCUT2D eigenvalue weighted by Gasteiger charge is 2.34. The molecular weight excluding hydrogens is 242 g/mol. The quantitative estimate of drug-likeness (QED) is 0.758. The number of hydrogen-bond acceptors (Lipinski definition) is 3. The summed E-state index contributed by atoms with van der Waals surface area (Å²) in [5, 5.41) is 2.82. The Bertz CT molecular complexity index is 447. The number of nitrogens with two attached hydrogens (primary N) is 1. The molecule has 1 heterocycles. The molecule has 5 nitrogen and oxygen atoms in total. The van der Waals surface area contributed by atoms with Gasteiger partial charge in [-0.2, -0.15) is 0 Å². The van der Waals surface area contributed by atoms with Gasteiger partial charge in [0.25, 0.3) is 0 Å². The molecule has 19 heavy (non-hydrogen) atoms. The number of rotatable bonds is 5. The highest BCUT2D eigenvalue weighted by Crippen LogP contribution is 2.24. The van der Waals surface area contributed by atoms with Crippen molar-refractivity contribution in [2.24, 2.45) is 11.7 Å². The van der Waals surface area contributed by atoms with Crippen molar-refractivity contribution in [3.63, 3.8) is 0 Å². The van der Waals surface area contributed by atoms with Crippen LogP contribution < -0.4 is 16.0 Å². The Balaban J connectivity index is 1.94. The Hall–Kier alpha value is -1.88. The maximum Gasteiger partial charge on any atom is 0.227 e. The van der Waals surface area contributed by atoms with E-state index < -0.39 is 0 Å². The lowest BCUT2D eigenvalue weighted by molar-refractivity contribution is -0.126. The fourth-order valence-electron chi connectivity index (χ4n) is 2.20. The highest BCUT2D eigenvalue weighted by molar-refractivity contribution is 6.00. The summed E-state index contributed by atoms with van der Waals surface area (Å²) in [5.74, 6) is -0.309. The molecule has 1 fully saturated rings. The fourth-order valence-corrected chi connectivity index (χ4v) is 2.20. The molecular formula is C14H19N3O2. The van der Waals surface area contributed by atoms with Crippen LogP contribution >= 0.6 is 0 Å². The highest BCUT2D eigenvalue weighted by atomic mass is 16.2. The summed E-state index contributed by atoms with van der Waals surface area (Å²) in [7, 11) is 0. The number of carbonyl (C=O) groups is 2. The molecule has 1 aromatic rings. The van der Waals surface area contributed by atoms with E-state index in [0.717, 1.165) is 12.1 Å². The Morgan fingerprint density at radius 1 is 1.37 bits per heavy atom.